The first-order valence-corrected chi connectivity index (χ1v) is 14.1. The van der Waals surface area contributed by atoms with E-state index in [1.165, 1.54) is 4.90 Å². The molecular weight excluding hydrogens is 546 g/mol. The van der Waals surface area contributed by atoms with Crippen molar-refractivity contribution in [3.8, 4) is 23.0 Å². The summed E-state index contributed by atoms with van der Waals surface area (Å²) in [6.45, 7) is 1.63. The normalized spacial score (nSPS) is 10.6. The smallest absolute Gasteiger partial charge is 0.322 e. The molecule has 2 aromatic carbocycles. The van der Waals surface area contributed by atoms with E-state index in [-0.39, 0.29) is 12.5 Å². The van der Waals surface area contributed by atoms with E-state index in [1.807, 2.05) is 35.7 Å². The minimum atomic E-state index is -0.402. The number of methoxy groups -OCH3 is 5. The van der Waals surface area contributed by atoms with Crippen molar-refractivity contribution in [1.82, 2.24) is 9.80 Å². The van der Waals surface area contributed by atoms with Gasteiger partial charge in [-0.2, -0.15) is 0 Å². The number of nitrogens with zero attached hydrogens (tertiary/aromatic N) is 2. The molecule has 0 bridgehead atoms. The first-order chi connectivity index (χ1) is 19.9. The summed E-state index contributed by atoms with van der Waals surface area (Å²) in [5, 5.41) is 4.87. The summed E-state index contributed by atoms with van der Waals surface area (Å²) in [5.74, 6) is 2.21. The molecule has 0 aliphatic rings. The van der Waals surface area contributed by atoms with Gasteiger partial charge in [0, 0.05) is 55.6 Å². The molecule has 3 aromatic rings. The maximum atomic E-state index is 13.7. The lowest BCUT2D eigenvalue weighted by Gasteiger charge is -2.28. The van der Waals surface area contributed by atoms with Crippen molar-refractivity contribution in [2.24, 2.45) is 0 Å². The number of hydrogen-bond donors (Lipinski definition) is 1. The summed E-state index contributed by atoms with van der Waals surface area (Å²) in [6.07, 6.45) is 1.19. The van der Waals surface area contributed by atoms with E-state index in [2.05, 4.69) is 5.32 Å². The number of urea groups is 1. The maximum Gasteiger partial charge on any atom is 0.322 e. The van der Waals surface area contributed by atoms with Crippen LogP contribution in [0.15, 0.2) is 53.9 Å². The van der Waals surface area contributed by atoms with Crippen molar-refractivity contribution in [2.75, 3.05) is 67.1 Å². The van der Waals surface area contributed by atoms with Crippen LogP contribution in [0.5, 0.6) is 23.0 Å². The third-order valence-electron chi connectivity index (χ3n) is 6.39. The van der Waals surface area contributed by atoms with Crippen LogP contribution in [0.3, 0.4) is 0 Å². The van der Waals surface area contributed by atoms with E-state index >= 15 is 0 Å². The van der Waals surface area contributed by atoms with Gasteiger partial charge in [0.2, 0.25) is 5.91 Å². The van der Waals surface area contributed by atoms with Gasteiger partial charge in [-0.1, -0.05) is 12.1 Å². The van der Waals surface area contributed by atoms with Crippen LogP contribution in [-0.4, -0.2) is 83.5 Å². The molecule has 0 radical (unpaired) electrons. The number of rotatable bonds is 16. The van der Waals surface area contributed by atoms with Crippen LogP contribution >= 0.6 is 11.3 Å². The van der Waals surface area contributed by atoms with Gasteiger partial charge in [0.05, 0.1) is 35.0 Å². The Labute approximate surface area is 245 Å². The van der Waals surface area contributed by atoms with Gasteiger partial charge in [0.15, 0.2) is 11.5 Å². The zero-order chi connectivity index (χ0) is 29.6. The lowest BCUT2D eigenvalue weighted by molar-refractivity contribution is -0.132. The van der Waals surface area contributed by atoms with Crippen LogP contribution in [0.1, 0.15) is 16.9 Å². The van der Waals surface area contributed by atoms with Crippen LogP contribution in [0.4, 0.5) is 10.5 Å². The Morgan fingerprint density at radius 1 is 0.829 bits per heavy atom. The Bertz CT molecular complexity index is 1230. The standard InChI is InChI=1S/C30H39N3O7S/c1-36-14-7-12-33(30(35)31-23-17-24(37-2)19-25(18-23)38-3)21-29(34)32(20-26-8-6-15-41-26)13-11-22-9-10-27(39-4)28(16-22)40-5/h6,8-10,15-19H,7,11-14,20-21H2,1-5H3,(H,31,35). The second kappa shape index (κ2) is 16.3. The molecule has 3 amide bonds. The van der Waals surface area contributed by atoms with Gasteiger partial charge >= 0.3 is 6.03 Å². The molecule has 0 saturated carbocycles. The Morgan fingerprint density at radius 2 is 1.56 bits per heavy atom. The minimum absolute atomic E-state index is 0.0893. The fourth-order valence-corrected chi connectivity index (χ4v) is 4.90. The van der Waals surface area contributed by atoms with Crippen molar-refractivity contribution in [3.05, 3.63) is 64.4 Å². The number of thiophene rings is 1. The maximum absolute atomic E-state index is 13.7. The molecule has 0 atom stereocenters. The molecular formula is C30H39N3O7S. The number of benzene rings is 2. The number of anilines is 1. The van der Waals surface area contributed by atoms with E-state index in [0.717, 1.165) is 10.4 Å². The number of carbonyl (C=O) groups is 2. The summed E-state index contributed by atoms with van der Waals surface area (Å²) in [6, 6.07) is 14.4. The van der Waals surface area contributed by atoms with Crippen molar-refractivity contribution in [2.45, 2.75) is 19.4 Å². The van der Waals surface area contributed by atoms with Crippen molar-refractivity contribution in [3.63, 3.8) is 0 Å². The highest BCUT2D eigenvalue weighted by atomic mass is 32.1. The van der Waals surface area contributed by atoms with Crippen LogP contribution in [-0.2, 0) is 22.5 Å². The highest BCUT2D eigenvalue weighted by molar-refractivity contribution is 7.09. The van der Waals surface area contributed by atoms with E-state index < -0.39 is 6.03 Å². The van der Waals surface area contributed by atoms with Crippen molar-refractivity contribution < 1.29 is 33.3 Å². The number of ether oxygens (including phenoxy) is 5. The van der Waals surface area contributed by atoms with Gasteiger partial charge in [-0.15, -0.1) is 11.3 Å². The molecule has 41 heavy (non-hydrogen) atoms. The Morgan fingerprint density at radius 3 is 2.17 bits per heavy atom. The molecule has 3 rings (SSSR count). The van der Waals surface area contributed by atoms with Crippen molar-refractivity contribution in [1.29, 1.82) is 0 Å². The largest absolute Gasteiger partial charge is 0.497 e. The molecule has 11 heteroatoms. The third-order valence-corrected chi connectivity index (χ3v) is 7.25. The quantitative estimate of drug-likeness (QED) is 0.238. The van der Waals surface area contributed by atoms with Gasteiger partial charge in [-0.05, 0) is 42.0 Å². The van der Waals surface area contributed by atoms with Gasteiger partial charge in [-0.25, -0.2) is 4.79 Å². The molecule has 1 aromatic heterocycles. The first kappa shape index (κ1) is 31.6. The summed E-state index contributed by atoms with van der Waals surface area (Å²) >= 11 is 1.59. The van der Waals surface area contributed by atoms with E-state index in [9.17, 15) is 9.59 Å². The average Bonchev–Trinajstić information content (AvgIpc) is 3.51. The molecule has 0 fully saturated rings. The van der Waals surface area contributed by atoms with Crippen LogP contribution in [0, 0.1) is 0 Å². The van der Waals surface area contributed by atoms with Crippen LogP contribution in [0.25, 0.3) is 0 Å². The van der Waals surface area contributed by atoms with Crippen molar-refractivity contribution >= 4 is 29.0 Å². The van der Waals surface area contributed by atoms with Gasteiger partial charge in [0.25, 0.3) is 0 Å². The topological polar surface area (TPSA) is 98.8 Å². The van der Waals surface area contributed by atoms with Gasteiger partial charge < -0.3 is 38.8 Å². The molecule has 222 valence electrons. The molecule has 1 heterocycles. The summed E-state index contributed by atoms with van der Waals surface area (Å²) < 4.78 is 26.6. The lowest BCUT2D eigenvalue weighted by atomic mass is 10.1. The SMILES string of the molecule is COCCCN(CC(=O)N(CCc1ccc(OC)c(OC)c1)Cc1cccs1)C(=O)Nc1cc(OC)cc(OC)c1. The summed E-state index contributed by atoms with van der Waals surface area (Å²) in [4.78, 5) is 31.4. The Kier molecular flexibility index (Phi) is 12.6. The highest BCUT2D eigenvalue weighted by Gasteiger charge is 2.22. The molecule has 0 unspecified atom stereocenters. The number of nitrogens with one attached hydrogen (secondary N) is 1. The van der Waals surface area contributed by atoms with Gasteiger partial charge in [0.1, 0.15) is 18.0 Å². The van der Waals surface area contributed by atoms with Gasteiger partial charge in [-0.3, -0.25) is 4.79 Å². The molecule has 0 spiro atoms. The molecule has 10 nitrogen and oxygen atoms in total. The van der Waals surface area contributed by atoms with Crippen LogP contribution < -0.4 is 24.3 Å². The van der Waals surface area contributed by atoms with E-state index in [1.54, 1.807) is 70.0 Å². The van der Waals surface area contributed by atoms with Crippen LogP contribution in [0.2, 0.25) is 0 Å². The third kappa shape index (κ3) is 9.58. The minimum Gasteiger partial charge on any atom is -0.497 e. The molecule has 1 N–H and O–H groups in total. The zero-order valence-electron chi connectivity index (χ0n) is 24.3. The predicted molar refractivity (Wildman–Crippen MR) is 160 cm³/mol. The molecule has 0 aliphatic carbocycles. The lowest BCUT2D eigenvalue weighted by Crippen LogP contribution is -2.45. The highest BCUT2D eigenvalue weighted by Crippen LogP contribution is 2.28. The molecule has 0 aliphatic heterocycles. The fraction of sp³-hybridized carbons (Fsp3) is 0.400. The number of hydrogen-bond acceptors (Lipinski definition) is 8. The predicted octanol–water partition coefficient (Wildman–Crippen LogP) is 4.92. The Hall–Kier alpha value is -3.96. The number of carbonyl (C=O) groups excluding carboxylic acids is 2. The monoisotopic (exact) mass is 585 g/mol. The second-order valence-corrected chi connectivity index (χ2v) is 10.2. The fourth-order valence-electron chi connectivity index (χ4n) is 4.18. The number of amides is 3. The average molecular weight is 586 g/mol. The zero-order valence-corrected chi connectivity index (χ0v) is 25.1. The summed E-state index contributed by atoms with van der Waals surface area (Å²) in [5.41, 5.74) is 1.51. The Balaban J connectivity index is 1.77. The summed E-state index contributed by atoms with van der Waals surface area (Å²) in [7, 11) is 7.88. The van der Waals surface area contributed by atoms with E-state index in [0.29, 0.717) is 67.8 Å². The first-order valence-electron chi connectivity index (χ1n) is 13.2. The second-order valence-electron chi connectivity index (χ2n) is 9.13. The van der Waals surface area contributed by atoms with E-state index in [4.69, 9.17) is 23.7 Å². The molecule has 0 saturated heterocycles.